The van der Waals surface area contributed by atoms with Crippen molar-refractivity contribution in [1.29, 1.82) is 0 Å². The molecule has 0 aliphatic carbocycles. The molecule has 0 aromatic heterocycles. The van der Waals surface area contributed by atoms with Crippen LogP contribution in [-0.2, 0) is 20.7 Å². The minimum atomic E-state index is -0.328. The summed E-state index contributed by atoms with van der Waals surface area (Å²) in [4.78, 5) is 13.1. The van der Waals surface area contributed by atoms with E-state index >= 15 is 0 Å². The number of rotatable bonds is 9. The van der Waals surface area contributed by atoms with Gasteiger partial charge in [0.25, 0.3) is 0 Å². The van der Waals surface area contributed by atoms with Crippen LogP contribution in [0.4, 0.5) is 0 Å². The highest BCUT2D eigenvalue weighted by atomic mass is 16.7. The summed E-state index contributed by atoms with van der Waals surface area (Å²) in [5.74, 6) is 0.961. The molecule has 1 fully saturated rings. The molecule has 1 saturated heterocycles. The second-order valence-corrected chi connectivity index (χ2v) is 6.93. The maximum Gasteiger partial charge on any atom is 0.166 e. The predicted molar refractivity (Wildman–Crippen MR) is 107 cm³/mol. The first-order valence-corrected chi connectivity index (χ1v) is 9.73. The van der Waals surface area contributed by atoms with Gasteiger partial charge in [0, 0.05) is 12.5 Å². The van der Waals surface area contributed by atoms with Gasteiger partial charge in [0.2, 0.25) is 0 Å². The molecule has 2 unspecified atom stereocenters. The van der Waals surface area contributed by atoms with Crippen molar-refractivity contribution in [3.8, 4) is 11.5 Å². The summed E-state index contributed by atoms with van der Waals surface area (Å²) < 4.78 is 22.1. The fourth-order valence-corrected chi connectivity index (χ4v) is 3.46. The smallest absolute Gasteiger partial charge is 0.166 e. The topological polar surface area (TPSA) is 54.0 Å². The first-order chi connectivity index (χ1) is 13.7. The normalized spacial score (nSPS) is 17.7. The molecule has 28 heavy (non-hydrogen) atoms. The lowest BCUT2D eigenvalue weighted by molar-refractivity contribution is -0.169. The molecule has 1 aliphatic rings. The molecule has 2 atom stereocenters. The third-order valence-electron chi connectivity index (χ3n) is 5.03. The lowest BCUT2D eigenvalue weighted by Gasteiger charge is -2.24. The fourth-order valence-electron chi connectivity index (χ4n) is 3.46. The molecule has 5 heteroatoms. The van der Waals surface area contributed by atoms with Gasteiger partial charge in [-0.3, -0.25) is 4.79 Å². The van der Waals surface area contributed by atoms with E-state index in [0.717, 1.165) is 30.4 Å². The molecule has 0 saturated carbocycles. The summed E-state index contributed by atoms with van der Waals surface area (Å²) in [6.45, 7) is 0.735. The number of ether oxygens (including phenoxy) is 4. The van der Waals surface area contributed by atoms with Crippen molar-refractivity contribution < 1.29 is 23.7 Å². The van der Waals surface area contributed by atoms with Crippen LogP contribution < -0.4 is 9.47 Å². The van der Waals surface area contributed by atoms with E-state index in [2.05, 4.69) is 0 Å². The van der Waals surface area contributed by atoms with E-state index in [4.69, 9.17) is 18.9 Å². The number of Topliss-reactive ketones (excluding diaryl/α,β-unsaturated/α-hetero) is 1. The lowest BCUT2D eigenvalue weighted by atomic mass is 9.88. The van der Waals surface area contributed by atoms with Crippen molar-refractivity contribution >= 4 is 5.78 Å². The summed E-state index contributed by atoms with van der Waals surface area (Å²) in [6, 6.07) is 15.6. The van der Waals surface area contributed by atoms with Crippen LogP contribution in [0.2, 0.25) is 0 Å². The number of ketones is 1. The minimum Gasteiger partial charge on any atom is -0.493 e. The summed E-state index contributed by atoms with van der Waals surface area (Å²) in [6.07, 6.45) is 3.29. The maximum atomic E-state index is 13.1. The average molecular weight is 384 g/mol. The highest BCUT2D eigenvalue weighted by molar-refractivity contribution is 5.87. The molecule has 0 bridgehead atoms. The monoisotopic (exact) mass is 384 g/mol. The standard InChI is InChI=1S/C23H28O5/c1-25-21-12-11-18(15-22(21)26-2)19(14-17-8-4-3-5-9-17)20(24)16-28-23-10-6-7-13-27-23/h3-5,8-9,11-12,15,19,23H,6-7,10,13-14,16H2,1-2H3. The average Bonchev–Trinajstić information content (AvgIpc) is 2.76. The number of hydrogen-bond acceptors (Lipinski definition) is 5. The molecule has 3 rings (SSSR count). The number of carbonyl (C=O) groups is 1. The molecule has 2 aromatic carbocycles. The van der Waals surface area contributed by atoms with Crippen molar-refractivity contribution in [2.24, 2.45) is 0 Å². The third-order valence-corrected chi connectivity index (χ3v) is 5.03. The number of hydrogen-bond donors (Lipinski definition) is 0. The van der Waals surface area contributed by atoms with E-state index in [1.165, 1.54) is 0 Å². The van der Waals surface area contributed by atoms with Crippen LogP contribution >= 0.6 is 0 Å². The van der Waals surface area contributed by atoms with Crippen molar-refractivity contribution in [3.63, 3.8) is 0 Å². The van der Waals surface area contributed by atoms with Gasteiger partial charge < -0.3 is 18.9 Å². The van der Waals surface area contributed by atoms with Gasteiger partial charge >= 0.3 is 0 Å². The van der Waals surface area contributed by atoms with E-state index < -0.39 is 0 Å². The zero-order valence-electron chi connectivity index (χ0n) is 16.6. The first-order valence-electron chi connectivity index (χ1n) is 9.73. The molecule has 5 nitrogen and oxygen atoms in total. The Hall–Kier alpha value is -2.37. The van der Waals surface area contributed by atoms with Crippen molar-refractivity contribution in [2.45, 2.75) is 37.9 Å². The molecule has 150 valence electrons. The maximum absolute atomic E-state index is 13.1. The van der Waals surface area contributed by atoms with Gasteiger partial charge in [0.05, 0.1) is 14.2 Å². The largest absolute Gasteiger partial charge is 0.493 e. The Labute approximate surface area is 166 Å². The quantitative estimate of drug-likeness (QED) is 0.650. The Morgan fingerprint density at radius 1 is 1.07 bits per heavy atom. The van der Waals surface area contributed by atoms with E-state index in [-0.39, 0.29) is 24.6 Å². The molecule has 2 aromatic rings. The van der Waals surface area contributed by atoms with Gasteiger partial charge in [0.1, 0.15) is 6.61 Å². The Kier molecular flexibility index (Phi) is 7.46. The van der Waals surface area contributed by atoms with E-state index in [9.17, 15) is 4.79 Å². The van der Waals surface area contributed by atoms with Gasteiger partial charge in [0.15, 0.2) is 23.6 Å². The van der Waals surface area contributed by atoms with Crippen LogP contribution in [0.1, 0.15) is 36.3 Å². The molecule has 1 heterocycles. The molecular formula is C23H28O5. The van der Waals surface area contributed by atoms with Crippen LogP contribution in [0.25, 0.3) is 0 Å². The fraction of sp³-hybridized carbons (Fsp3) is 0.435. The van der Waals surface area contributed by atoms with E-state index in [1.54, 1.807) is 14.2 Å². The van der Waals surface area contributed by atoms with E-state index in [1.807, 2.05) is 48.5 Å². The Bertz CT molecular complexity index is 753. The summed E-state index contributed by atoms with van der Waals surface area (Å²) in [7, 11) is 3.20. The minimum absolute atomic E-state index is 0.0326. The van der Waals surface area contributed by atoms with Gasteiger partial charge in [-0.05, 0) is 48.9 Å². The summed E-state index contributed by atoms with van der Waals surface area (Å²) in [5.41, 5.74) is 1.99. The van der Waals surface area contributed by atoms with Gasteiger partial charge in [-0.15, -0.1) is 0 Å². The molecule has 1 aliphatic heterocycles. The van der Waals surface area contributed by atoms with Crippen LogP contribution in [-0.4, -0.2) is 39.5 Å². The second-order valence-electron chi connectivity index (χ2n) is 6.93. The van der Waals surface area contributed by atoms with Gasteiger partial charge in [-0.25, -0.2) is 0 Å². The van der Waals surface area contributed by atoms with Crippen LogP contribution in [0, 0.1) is 0 Å². The first kappa shape index (κ1) is 20.4. The Balaban J connectivity index is 1.79. The van der Waals surface area contributed by atoms with Crippen LogP contribution in [0.3, 0.4) is 0 Å². The van der Waals surface area contributed by atoms with Crippen molar-refractivity contribution in [3.05, 3.63) is 59.7 Å². The van der Waals surface area contributed by atoms with Crippen molar-refractivity contribution in [2.75, 3.05) is 27.4 Å². The number of benzene rings is 2. The molecule has 0 N–H and O–H groups in total. The molecule has 0 amide bonds. The highest BCUT2D eigenvalue weighted by Crippen LogP contribution is 2.32. The predicted octanol–water partition coefficient (Wildman–Crippen LogP) is 4.14. The number of carbonyl (C=O) groups excluding carboxylic acids is 1. The zero-order chi connectivity index (χ0) is 19.8. The molecule has 0 radical (unpaired) electrons. The summed E-state index contributed by atoms with van der Waals surface area (Å²) >= 11 is 0. The van der Waals surface area contributed by atoms with Crippen LogP contribution in [0.15, 0.2) is 48.5 Å². The van der Waals surface area contributed by atoms with Gasteiger partial charge in [-0.2, -0.15) is 0 Å². The van der Waals surface area contributed by atoms with E-state index in [0.29, 0.717) is 24.5 Å². The number of methoxy groups -OCH3 is 2. The zero-order valence-corrected chi connectivity index (χ0v) is 16.6. The van der Waals surface area contributed by atoms with Gasteiger partial charge in [-0.1, -0.05) is 36.4 Å². The Morgan fingerprint density at radius 2 is 1.86 bits per heavy atom. The van der Waals surface area contributed by atoms with Crippen molar-refractivity contribution in [1.82, 2.24) is 0 Å². The highest BCUT2D eigenvalue weighted by Gasteiger charge is 2.24. The molecular weight excluding hydrogens is 356 g/mol. The summed E-state index contributed by atoms with van der Waals surface area (Å²) in [5, 5.41) is 0. The Morgan fingerprint density at radius 3 is 2.54 bits per heavy atom. The lowest BCUT2D eigenvalue weighted by Crippen LogP contribution is -2.28. The third kappa shape index (κ3) is 5.33. The van der Waals surface area contributed by atoms with Crippen LogP contribution in [0.5, 0.6) is 11.5 Å². The second kappa shape index (κ2) is 10.2. The molecule has 0 spiro atoms. The SMILES string of the molecule is COc1ccc(C(Cc2ccccc2)C(=O)COC2CCCCO2)cc1OC.